The average Bonchev–Trinajstić information content (AvgIpc) is 3.33. The van der Waals surface area contributed by atoms with Crippen LogP contribution in [0.3, 0.4) is 0 Å². The van der Waals surface area contributed by atoms with Gasteiger partial charge in [-0.25, -0.2) is 15.0 Å². The number of carbonyl (C=O) groups excluding carboxylic acids is 2. The zero-order valence-corrected chi connectivity index (χ0v) is 17.1. The van der Waals surface area contributed by atoms with Gasteiger partial charge in [-0.2, -0.15) is 0 Å². The maximum atomic E-state index is 12.5. The lowest BCUT2D eigenvalue weighted by molar-refractivity contribution is -0.117. The summed E-state index contributed by atoms with van der Waals surface area (Å²) in [5.41, 5.74) is 1.81. The van der Waals surface area contributed by atoms with Gasteiger partial charge in [-0.05, 0) is 25.7 Å². The van der Waals surface area contributed by atoms with Crippen LogP contribution in [-0.2, 0) is 4.79 Å². The van der Waals surface area contributed by atoms with E-state index < -0.39 is 6.10 Å². The van der Waals surface area contributed by atoms with E-state index in [4.69, 9.17) is 0 Å². The molecule has 2 amide bonds. The molecule has 2 aliphatic rings. The summed E-state index contributed by atoms with van der Waals surface area (Å²) in [4.78, 5) is 37.6. The van der Waals surface area contributed by atoms with E-state index in [0.29, 0.717) is 34.3 Å². The molecule has 3 aromatic heterocycles. The molecule has 0 bridgehead atoms. The first-order chi connectivity index (χ1) is 14.6. The smallest absolute Gasteiger partial charge is 0.280 e. The molecule has 30 heavy (non-hydrogen) atoms. The third-order valence-electron chi connectivity index (χ3n) is 5.55. The first kappa shape index (κ1) is 19.1. The standard InChI is InChI=1S/C20H22N6O3S/c27-15-4-2-1-3-12(15)22-19(29)20-23-14(10-30-20)13-8-26-9-16(24-17(26)7-21-13)25-18(28)11-5-6-11/h7-12,15,27H,1-6H2,(H,22,29)(H,25,28)/t12-,15+/m1/s1. The number of nitrogens with one attached hydrogen (secondary N) is 2. The average molecular weight is 427 g/mol. The zero-order chi connectivity index (χ0) is 20.7. The molecular weight excluding hydrogens is 404 g/mol. The number of amides is 2. The van der Waals surface area contributed by atoms with E-state index in [0.717, 1.165) is 32.1 Å². The van der Waals surface area contributed by atoms with Gasteiger partial charge in [-0.1, -0.05) is 12.8 Å². The Morgan fingerprint density at radius 3 is 2.73 bits per heavy atom. The van der Waals surface area contributed by atoms with E-state index in [1.807, 2.05) is 0 Å². The molecule has 0 saturated heterocycles. The highest BCUT2D eigenvalue weighted by atomic mass is 32.1. The second-order valence-electron chi connectivity index (χ2n) is 7.90. The Hall–Kier alpha value is -2.85. The number of nitrogens with zero attached hydrogens (tertiary/aromatic N) is 4. The molecule has 0 aliphatic heterocycles. The van der Waals surface area contributed by atoms with E-state index in [1.165, 1.54) is 11.3 Å². The number of thiazole rings is 1. The SMILES string of the molecule is O=C(N[C@@H]1CCCC[C@@H]1O)c1nc(-c2cn3cc(NC(=O)C4CC4)nc3cn2)cs1. The minimum atomic E-state index is -0.498. The lowest BCUT2D eigenvalue weighted by atomic mass is 9.92. The van der Waals surface area contributed by atoms with Crippen LogP contribution in [0.5, 0.6) is 0 Å². The summed E-state index contributed by atoms with van der Waals surface area (Å²) in [6, 6.07) is -0.219. The van der Waals surface area contributed by atoms with Gasteiger partial charge in [0.25, 0.3) is 5.91 Å². The maximum Gasteiger partial charge on any atom is 0.280 e. The van der Waals surface area contributed by atoms with Gasteiger partial charge in [0.1, 0.15) is 11.4 Å². The number of aromatic nitrogens is 4. The highest BCUT2D eigenvalue weighted by Crippen LogP contribution is 2.30. The van der Waals surface area contributed by atoms with Crippen molar-refractivity contribution >= 4 is 34.6 Å². The van der Waals surface area contributed by atoms with E-state index in [1.54, 1.807) is 28.4 Å². The molecule has 2 atom stereocenters. The first-order valence-corrected chi connectivity index (χ1v) is 11.1. The monoisotopic (exact) mass is 426 g/mol. The van der Waals surface area contributed by atoms with Crippen molar-refractivity contribution in [2.75, 3.05) is 5.32 Å². The molecule has 10 heteroatoms. The number of carbonyl (C=O) groups is 2. The van der Waals surface area contributed by atoms with Crippen molar-refractivity contribution in [2.45, 2.75) is 50.7 Å². The van der Waals surface area contributed by atoms with Crippen molar-refractivity contribution < 1.29 is 14.7 Å². The predicted octanol–water partition coefficient (Wildman–Crippen LogP) is 2.23. The molecule has 156 valence electrons. The number of aliphatic hydroxyl groups is 1. The number of hydrogen-bond donors (Lipinski definition) is 3. The molecule has 9 nitrogen and oxygen atoms in total. The quantitative estimate of drug-likeness (QED) is 0.575. The fourth-order valence-corrected chi connectivity index (χ4v) is 4.38. The van der Waals surface area contributed by atoms with Gasteiger partial charge in [-0.15, -0.1) is 11.3 Å². The second-order valence-corrected chi connectivity index (χ2v) is 8.76. The summed E-state index contributed by atoms with van der Waals surface area (Å²) in [5, 5.41) is 17.9. The van der Waals surface area contributed by atoms with Crippen molar-refractivity contribution in [3.63, 3.8) is 0 Å². The molecular formula is C20H22N6O3S. The Labute approximate surface area is 176 Å². The summed E-state index contributed by atoms with van der Waals surface area (Å²) in [6.45, 7) is 0. The first-order valence-electron chi connectivity index (χ1n) is 10.2. The van der Waals surface area contributed by atoms with Crippen LogP contribution in [0.2, 0.25) is 0 Å². The molecule has 3 N–H and O–H groups in total. The number of aliphatic hydroxyl groups excluding tert-OH is 1. The largest absolute Gasteiger partial charge is 0.391 e. The molecule has 5 rings (SSSR count). The molecule has 3 heterocycles. The van der Waals surface area contributed by atoms with Crippen molar-refractivity contribution in [3.05, 3.63) is 29.0 Å². The van der Waals surface area contributed by atoms with Gasteiger partial charge in [-0.3, -0.25) is 9.59 Å². The fourth-order valence-electron chi connectivity index (χ4n) is 3.67. The lowest BCUT2D eigenvalue weighted by Gasteiger charge is -2.27. The number of imidazole rings is 1. The third kappa shape index (κ3) is 3.92. The van der Waals surface area contributed by atoms with Gasteiger partial charge >= 0.3 is 0 Å². The number of hydrogen-bond acceptors (Lipinski definition) is 7. The molecule has 2 fully saturated rings. The topological polar surface area (TPSA) is 122 Å². The van der Waals surface area contributed by atoms with Crippen LogP contribution in [0.15, 0.2) is 24.0 Å². The minimum absolute atomic E-state index is 0.00447. The Balaban J connectivity index is 1.31. The van der Waals surface area contributed by atoms with Crippen LogP contribution in [-0.4, -0.2) is 48.4 Å². The van der Waals surface area contributed by atoms with E-state index in [-0.39, 0.29) is 23.8 Å². The van der Waals surface area contributed by atoms with Gasteiger partial charge in [0.15, 0.2) is 16.5 Å². The van der Waals surface area contributed by atoms with Gasteiger partial charge in [0, 0.05) is 17.5 Å². The van der Waals surface area contributed by atoms with Crippen molar-refractivity contribution in [2.24, 2.45) is 5.92 Å². The number of anilines is 1. The van der Waals surface area contributed by atoms with Crippen LogP contribution in [0.1, 0.15) is 48.3 Å². The maximum absolute atomic E-state index is 12.5. The van der Waals surface area contributed by atoms with E-state index in [2.05, 4.69) is 25.6 Å². The molecule has 3 aromatic rings. The van der Waals surface area contributed by atoms with Gasteiger partial charge in [0.2, 0.25) is 5.91 Å². The minimum Gasteiger partial charge on any atom is -0.391 e. The molecule has 0 radical (unpaired) electrons. The van der Waals surface area contributed by atoms with Crippen LogP contribution in [0.4, 0.5) is 5.82 Å². The summed E-state index contributed by atoms with van der Waals surface area (Å²) in [5.74, 6) is 0.337. The number of rotatable bonds is 5. The summed E-state index contributed by atoms with van der Waals surface area (Å²) in [6.07, 6.45) is 9.99. The van der Waals surface area contributed by atoms with E-state index >= 15 is 0 Å². The van der Waals surface area contributed by atoms with Crippen LogP contribution >= 0.6 is 11.3 Å². The molecule has 0 spiro atoms. The van der Waals surface area contributed by atoms with Gasteiger partial charge in [0.05, 0.1) is 24.5 Å². The Bertz CT molecular complexity index is 1110. The Kier molecular flexibility index (Phi) is 4.95. The van der Waals surface area contributed by atoms with Crippen molar-refractivity contribution in [3.8, 4) is 11.4 Å². The van der Waals surface area contributed by atoms with Crippen molar-refractivity contribution in [1.29, 1.82) is 0 Å². The lowest BCUT2D eigenvalue weighted by Crippen LogP contribution is -2.45. The Morgan fingerprint density at radius 1 is 1.10 bits per heavy atom. The fraction of sp³-hybridized carbons (Fsp3) is 0.450. The van der Waals surface area contributed by atoms with Crippen LogP contribution < -0.4 is 10.6 Å². The van der Waals surface area contributed by atoms with Crippen LogP contribution in [0.25, 0.3) is 17.0 Å². The highest BCUT2D eigenvalue weighted by Gasteiger charge is 2.30. The van der Waals surface area contributed by atoms with E-state index in [9.17, 15) is 14.7 Å². The second kappa shape index (κ2) is 7.77. The van der Waals surface area contributed by atoms with Crippen molar-refractivity contribution in [1.82, 2.24) is 24.7 Å². The number of fused-ring (bicyclic) bond motifs is 1. The summed E-state index contributed by atoms with van der Waals surface area (Å²) >= 11 is 1.24. The predicted molar refractivity (Wildman–Crippen MR) is 111 cm³/mol. The molecule has 2 saturated carbocycles. The molecule has 2 aliphatic carbocycles. The molecule has 0 aromatic carbocycles. The summed E-state index contributed by atoms with van der Waals surface area (Å²) in [7, 11) is 0. The summed E-state index contributed by atoms with van der Waals surface area (Å²) < 4.78 is 1.78. The van der Waals surface area contributed by atoms with Gasteiger partial charge < -0.3 is 20.1 Å². The van der Waals surface area contributed by atoms with Crippen LogP contribution in [0, 0.1) is 5.92 Å². The third-order valence-corrected chi connectivity index (χ3v) is 6.39. The normalized spacial score (nSPS) is 21.5. The zero-order valence-electron chi connectivity index (χ0n) is 16.2. The highest BCUT2D eigenvalue weighted by molar-refractivity contribution is 7.12. The molecule has 0 unspecified atom stereocenters. The Morgan fingerprint density at radius 2 is 1.93 bits per heavy atom.